The molecule has 0 saturated heterocycles. The van der Waals surface area contributed by atoms with Crippen molar-refractivity contribution in [1.29, 1.82) is 0 Å². The first-order valence-electron chi connectivity index (χ1n) is 8.85. The van der Waals surface area contributed by atoms with Crippen molar-refractivity contribution >= 4 is 23.0 Å². The van der Waals surface area contributed by atoms with E-state index in [4.69, 9.17) is 9.15 Å². The summed E-state index contributed by atoms with van der Waals surface area (Å²) in [5.74, 6) is 0.318. The zero-order valence-electron chi connectivity index (χ0n) is 15.3. The number of H-pyrrole nitrogens is 1. The van der Waals surface area contributed by atoms with Crippen LogP contribution in [-0.4, -0.2) is 23.7 Å². The van der Waals surface area contributed by atoms with E-state index in [1.807, 2.05) is 61.7 Å². The van der Waals surface area contributed by atoms with Crippen molar-refractivity contribution in [3.63, 3.8) is 0 Å². The molecule has 0 unspecified atom stereocenters. The van der Waals surface area contributed by atoms with Crippen LogP contribution in [-0.2, 0) is 4.79 Å². The highest BCUT2D eigenvalue weighted by Gasteiger charge is 2.12. The van der Waals surface area contributed by atoms with Crippen molar-refractivity contribution in [3.8, 4) is 16.9 Å². The number of rotatable bonds is 6. The van der Waals surface area contributed by atoms with Crippen LogP contribution in [0.25, 0.3) is 22.0 Å². The molecular weight excluding hydrogens is 354 g/mol. The van der Waals surface area contributed by atoms with Crippen molar-refractivity contribution in [2.45, 2.75) is 6.92 Å². The SMILES string of the molecule is Cc1cccc(-c2ccoc2)c1OCC(=O)N/N=C/c1ccc2cc[nH]c2c1. The first kappa shape index (κ1) is 17.6. The second-order valence-electron chi connectivity index (χ2n) is 6.37. The molecule has 0 radical (unpaired) electrons. The van der Waals surface area contributed by atoms with Crippen molar-refractivity contribution in [1.82, 2.24) is 10.4 Å². The van der Waals surface area contributed by atoms with Crippen molar-refractivity contribution in [2.75, 3.05) is 6.61 Å². The number of hydrazone groups is 1. The van der Waals surface area contributed by atoms with Gasteiger partial charge in [-0.2, -0.15) is 5.10 Å². The van der Waals surface area contributed by atoms with Gasteiger partial charge in [-0.3, -0.25) is 4.79 Å². The van der Waals surface area contributed by atoms with Gasteiger partial charge in [-0.05, 0) is 41.6 Å². The van der Waals surface area contributed by atoms with Crippen molar-refractivity contribution in [2.24, 2.45) is 5.10 Å². The normalized spacial score (nSPS) is 11.2. The highest BCUT2D eigenvalue weighted by molar-refractivity contribution is 5.89. The van der Waals surface area contributed by atoms with Gasteiger partial charge in [-0.1, -0.05) is 30.3 Å². The van der Waals surface area contributed by atoms with E-state index in [2.05, 4.69) is 15.5 Å². The highest BCUT2D eigenvalue weighted by atomic mass is 16.5. The fourth-order valence-electron chi connectivity index (χ4n) is 2.98. The maximum Gasteiger partial charge on any atom is 0.277 e. The molecule has 6 heteroatoms. The number of hydrogen-bond acceptors (Lipinski definition) is 4. The number of carbonyl (C=O) groups is 1. The van der Waals surface area contributed by atoms with Crippen LogP contribution < -0.4 is 10.2 Å². The number of nitrogens with zero attached hydrogens (tertiary/aromatic N) is 1. The predicted octanol–water partition coefficient (Wildman–Crippen LogP) is 4.27. The van der Waals surface area contributed by atoms with Crippen LogP contribution in [0.3, 0.4) is 0 Å². The van der Waals surface area contributed by atoms with Gasteiger partial charge in [-0.15, -0.1) is 0 Å². The third-order valence-corrected chi connectivity index (χ3v) is 4.37. The second-order valence-corrected chi connectivity index (χ2v) is 6.37. The number of para-hydroxylation sites is 1. The standard InChI is InChI=1S/C22H19N3O3/c1-15-3-2-4-19(18-8-10-27-13-18)22(15)28-14-21(26)25-24-12-16-5-6-17-7-9-23-20(17)11-16/h2-13,23H,14H2,1H3,(H,25,26)/b24-12+. The zero-order valence-corrected chi connectivity index (χ0v) is 15.3. The van der Waals surface area contributed by atoms with Gasteiger partial charge in [0.25, 0.3) is 5.91 Å². The van der Waals surface area contributed by atoms with E-state index in [-0.39, 0.29) is 12.5 Å². The number of furan rings is 1. The Hall–Kier alpha value is -3.80. The average molecular weight is 373 g/mol. The molecule has 0 saturated carbocycles. The molecular formula is C22H19N3O3. The Morgan fingerprint density at radius 3 is 3.04 bits per heavy atom. The van der Waals surface area contributed by atoms with Gasteiger partial charge < -0.3 is 14.1 Å². The van der Waals surface area contributed by atoms with E-state index >= 15 is 0 Å². The monoisotopic (exact) mass is 373 g/mol. The summed E-state index contributed by atoms with van der Waals surface area (Å²) in [5.41, 5.74) is 7.12. The number of ether oxygens (including phenoxy) is 1. The quantitative estimate of drug-likeness (QED) is 0.391. The minimum atomic E-state index is -0.335. The molecule has 1 amide bonds. The number of nitrogens with one attached hydrogen (secondary N) is 2. The molecule has 0 bridgehead atoms. The van der Waals surface area contributed by atoms with Crippen LogP contribution in [0.1, 0.15) is 11.1 Å². The van der Waals surface area contributed by atoms with Crippen LogP contribution in [0, 0.1) is 6.92 Å². The number of carbonyl (C=O) groups excluding carboxylic acids is 1. The number of fused-ring (bicyclic) bond motifs is 1. The van der Waals surface area contributed by atoms with E-state index < -0.39 is 0 Å². The number of aromatic nitrogens is 1. The smallest absolute Gasteiger partial charge is 0.277 e. The van der Waals surface area contributed by atoms with Gasteiger partial charge in [0.15, 0.2) is 6.61 Å². The lowest BCUT2D eigenvalue weighted by Crippen LogP contribution is -2.24. The lowest BCUT2D eigenvalue weighted by molar-refractivity contribution is -0.123. The second kappa shape index (κ2) is 7.84. The third kappa shape index (κ3) is 3.81. The molecule has 28 heavy (non-hydrogen) atoms. The molecule has 6 nitrogen and oxygen atoms in total. The van der Waals surface area contributed by atoms with Gasteiger partial charge in [-0.25, -0.2) is 5.43 Å². The van der Waals surface area contributed by atoms with Crippen LogP contribution >= 0.6 is 0 Å². The van der Waals surface area contributed by atoms with Gasteiger partial charge in [0.2, 0.25) is 0 Å². The molecule has 2 aromatic carbocycles. The molecule has 0 atom stereocenters. The molecule has 0 fully saturated rings. The first-order valence-corrected chi connectivity index (χ1v) is 8.85. The highest BCUT2D eigenvalue weighted by Crippen LogP contribution is 2.33. The zero-order chi connectivity index (χ0) is 19.3. The summed E-state index contributed by atoms with van der Waals surface area (Å²) in [5, 5.41) is 5.13. The summed E-state index contributed by atoms with van der Waals surface area (Å²) in [6.45, 7) is 1.80. The average Bonchev–Trinajstić information content (AvgIpc) is 3.38. The van der Waals surface area contributed by atoms with Gasteiger partial charge in [0.1, 0.15) is 5.75 Å². The van der Waals surface area contributed by atoms with Gasteiger partial charge in [0.05, 0.1) is 18.7 Å². The predicted molar refractivity (Wildman–Crippen MR) is 108 cm³/mol. The Balaban J connectivity index is 1.38. The molecule has 0 aliphatic rings. The fraction of sp³-hybridized carbons (Fsp3) is 0.0909. The lowest BCUT2D eigenvalue weighted by Gasteiger charge is -2.12. The summed E-state index contributed by atoms with van der Waals surface area (Å²) in [6.07, 6.45) is 6.73. The summed E-state index contributed by atoms with van der Waals surface area (Å²) >= 11 is 0. The van der Waals surface area contributed by atoms with E-state index in [1.54, 1.807) is 18.7 Å². The number of benzene rings is 2. The molecule has 2 aromatic heterocycles. The molecule has 2 N–H and O–H groups in total. The largest absolute Gasteiger partial charge is 0.483 e. The van der Waals surface area contributed by atoms with E-state index in [0.717, 1.165) is 33.2 Å². The van der Waals surface area contributed by atoms with E-state index in [9.17, 15) is 4.79 Å². The summed E-state index contributed by atoms with van der Waals surface area (Å²) < 4.78 is 10.9. The van der Waals surface area contributed by atoms with Gasteiger partial charge in [0, 0.05) is 22.8 Å². The van der Waals surface area contributed by atoms with E-state index in [1.165, 1.54) is 0 Å². The number of hydrogen-bond donors (Lipinski definition) is 2. The summed E-state index contributed by atoms with van der Waals surface area (Å²) in [4.78, 5) is 15.3. The third-order valence-electron chi connectivity index (χ3n) is 4.37. The molecule has 4 rings (SSSR count). The van der Waals surface area contributed by atoms with Crippen molar-refractivity contribution in [3.05, 3.63) is 78.4 Å². The summed E-state index contributed by atoms with van der Waals surface area (Å²) in [7, 11) is 0. The summed E-state index contributed by atoms with van der Waals surface area (Å²) in [6, 6.07) is 15.6. The number of amides is 1. The number of aromatic amines is 1. The van der Waals surface area contributed by atoms with Gasteiger partial charge >= 0.3 is 0 Å². The molecule has 0 spiro atoms. The maximum absolute atomic E-state index is 12.1. The Labute approximate surface area is 161 Å². The maximum atomic E-state index is 12.1. The first-order chi connectivity index (χ1) is 13.7. The number of aryl methyl sites for hydroxylation is 1. The Kier molecular flexibility index (Phi) is 4.93. The van der Waals surface area contributed by atoms with Crippen LogP contribution in [0.4, 0.5) is 0 Å². The van der Waals surface area contributed by atoms with Crippen LogP contribution in [0.5, 0.6) is 5.75 Å². The molecule has 4 aromatic rings. The molecule has 140 valence electrons. The van der Waals surface area contributed by atoms with E-state index in [0.29, 0.717) is 5.75 Å². The Morgan fingerprint density at radius 2 is 2.18 bits per heavy atom. The molecule has 0 aliphatic carbocycles. The van der Waals surface area contributed by atoms with Crippen molar-refractivity contribution < 1.29 is 13.9 Å². The minimum Gasteiger partial charge on any atom is -0.483 e. The molecule has 0 aliphatic heterocycles. The lowest BCUT2D eigenvalue weighted by atomic mass is 10.0. The Bertz CT molecular complexity index is 1130. The Morgan fingerprint density at radius 1 is 1.25 bits per heavy atom. The van der Waals surface area contributed by atoms with Crippen LogP contribution in [0.15, 0.2) is 76.8 Å². The van der Waals surface area contributed by atoms with Crippen LogP contribution in [0.2, 0.25) is 0 Å². The topological polar surface area (TPSA) is 79.6 Å². The fourth-order valence-corrected chi connectivity index (χ4v) is 2.98. The minimum absolute atomic E-state index is 0.136. The molecule has 2 heterocycles.